The normalized spacial score (nSPS) is 11.1. The van der Waals surface area contributed by atoms with E-state index in [1.54, 1.807) is 0 Å². The molecule has 6 nitrogen and oxygen atoms in total. The average molecular weight is 441 g/mol. The van der Waals surface area contributed by atoms with Crippen molar-refractivity contribution in [3.8, 4) is 0 Å². The van der Waals surface area contributed by atoms with E-state index >= 15 is 0 Å². The number of hydrogen-bond acceptors (Lipinski definition) is 9. The molecule has 0 heterocycles. The standard InChI is InChI=1S/C18H32O6S3/c1-2-18(12-15(19)22-6-3-9-25,13-16(20)23-7-4-10-26)14-17(21)24-8-5-11-27/h25-27H,2-14H2,1H3. The highest BCUT2D eigenvalue weighted by Gasteiger charge is 2.37. The monoisotopic (exact) mass is 440 g/mol. The molecule has 0 aromatic rings. The fraction of sp³-hybridized carbons (Fsp3) is 0.833. The smallest absolute Gasteiger partial charge is 0.306 e. The summed E-state index contributed by atoms with van der Waals surface area (Å²) in [6, 6.07) is 0. The highest BCUT2D eigenvalue weighted by Crippen LogP contribution is 2.36. The summed E-state index contributed by atoms with van der Waals surface area (Å²) in [5, 5.41) is 0. The summed E-state index contributed by atoms with van der Waals surface area (Å²) in [6.07, 6.45) is 2.25. The Morgan fingerprint density at radius 2 is 0.963 bits per heavy atom. The van der Waals surface area contributed by atoms with Crippen LogP contribution in [0.4, 0.5) is 0 Å². The van der Waals surface area contributed by atoms with Gasteiger partial charge in [-0.3, -0.25) is 14.4 Å². The lowest BCUT2D eigenvalue weighted by Crippen LogP contribution is -2.32. The first-order valence-electron chi connectivity index (χ1n) is 9.22. The zero-order valence-corrected chi connectivity index (χ0v) is 18.7. The van der Waals surface area contributed by atoms with Gasteiger partial charge in [0.05, 0.1) is 39.1 Å². The van der Waals surface area contributed by atoms with E-state index in [4.69, 9.17) is 14.2 Å². The molecule has 158 valence electrons. The molecule has 0 N–H and O–H groups in total. The van der Waals surface area contributed by atoms with Gasteiger partial charge in [0.15, 0.2) is 0 Å². The molecule has 0 aromatic carbocycles. The van der Waals surface area contributed by atoms with Crippen LogP contribution in [0.25, 0.3) is 0 Å². The largest absolute Gasteiger partial charge is 0.466 e. The van der Waals surface area contributed by atoms with Gasteiger partial charge in [0, 0.05) is 5.41 Å². The average Bonchev–Trinajstić information content (AvgIpc) is 2.62. The number of ether oxygens (including phenoxy) is 3. The minimum atomic E-state index is -0.881. The maximum absolute atomic E-state index is 12.2. The van der Waals surface area contributed by atoms with Gasteiger partial charge in [0.2, 0.25) is 0 Å². The Hall–Kier alpha value is -0.540. The van der Waals surface area contributed by atoms with Crippen molar-refractivity contribution in [3.05, 3.63) is 0 Å². The number of hydrogen-bond donors (Lipinski definition) is 3. The SMILES string of the molecule is CCC(CC(=O)OCCCS)(CC(=O)OCCCS)CC(=O)OCCCS. The van der Waals surface area contributed by atoms with Crippen LogP contribution in [0.5, 0.6) is 0 Å². The van der Waals surface area contributed by atoms with Crippen LogP contribution in [0.1, 0.15) is 51.9 Å². The van der Waals surface area contributed by atoms with Crippen molar-refractivity contribution in [1.82, 2.24) is 0 Å². The predicted octanol–water partition coefficient (Wildman–Crippen LogP) is 3.14. The molecule has 0 fully saturated rings. The highest BCUT2D eigenvalue weighted by molar-refractivity contribution is 7.80. The molecular formula is C18H32O6S3. The molecular weight excluding hydrogens is 408 g/mol. The van der Waals surface area contributed by atoms with Crippen molar-refractivity contribution in [2.45, 2.75) is 51.9 Å². The van der Waals surface area contributed by atoms with Crippen LogP contribution in [0.15, 0.2) is 0 Å². The van der Waals surface area contributed by atoms with Crippen LogP contribution in [-0.2, 0) is 28.6 Å². The Balaban J connectivity index is 4.97. The summed E-state index contributed by atoms with van der Waals surface area (Å²) in [6.45, 7) is 2.63. The number of esters is 3. The molecule has 0 spiro atoms. The fourth-order valence-electron chi connectivity index (χ4n) is 2.39. The van der Waals surface area contributed by atoms with Gasteiger partial charge in [-0.05, 0) is 42.9 Å². The third-order valence-electron chi connectivity index (χ3n) is 4.00. The number of rotatable bonds is 16. The van der Waals surface area contributed by atoms with Crippen LogP contribution in [0.2, 0.25) is 0 Å². The van der Waals surface area contributed by atoms with Gasteiger partial charge in [0.25, 0.3) is 0 Å². The van der Waals surface area contributed by atoms with Crippen LogP contribution in [0, 0.1) is 5.41 Å². The maximum atomic E-state index is 12.2. The molecule has 0 atom stereocenters. The van der Waals surface area contributed by atoms with Gasteiger partial charge in [-0.25, -0.2) is 0 Å². The van der Waals surface area contributed by atoms with Gasteiger partial charge in [-0.2, -0.15) is 37.9 Å². The molecule has 0 aliphatic rings. The second-order valence-electron chi connectivity index (χ2n) is 6.28. The van der Waals surface area contributed by atoms with Crippen molar-refractivity contribution in [2.75, 3.05) is 37.1 Å². The Morgan fingerprint density at radius 1 is 0.667 bits per heavy atom. The highest BCUT2D eigenvalue weighted by atomic mass is 32.1. The van der Waals surface area contributed by atoms with Gasteiger partial charge >= 0.3 is 17.9 Å². The van der Waals surface area contributed by atoms with Gasteiger partial charge in [-0.15, -0.1) is 0 Å². The summed E-state index contributed by atoms with van der Waals surface area (Å²) >= 11 is 12.2. The van der Waals surface area contributed by atoms with Gasteiger partial charge < -0.3 is 14.2 Å². The second-order valence-corrected chi connectivity index (χ2v) is 7.62. The first kappa shape index (κ1) is 26.5. The summed E-state index contributed by atoms with van der Waals surface area (Å²) in [7, 11) is 0. The first-order valence-corrected chi connectivity index (χ1v) is 11.1. The molecule has 0 saturated carbocycles. The quantitative estimate of drug-likeness (QED) is 0.148. The summed E-state index contributed by atoms with van der Waals surface area (Å²) in [4.78, 5) is 36.6. The van der Waals surface area contributed by atoms with E-state index in [-0.39, 0.29) is 39.1 Å². The lowest BCUT2D eigenvalue weighted by Gasteiger charge is -2.30. The topological polar surface area (TPSA) is 78.9 Å². The third-order valence-corrected chi connectivity index (χ3v) is 4.95. The second kappa shape index (κ2) is 16.4. The lowest BCUT2D eigenvalue weighted by molar-refractivity contribution is -0.155. The van der Waals surface area contributed by atoms with Crippen molar-refractivity contribution in [3.63, 3.8) is 0 Å². The van der Waals surface area contributed by atoms with E-state index < -0.39 is 23.3 Å². The van der Waals surface area contributed by atoms with Crippen molar-refractivity contribution < 1.29 is 28.6 Å². The molecule has 0 bridgehead atoms. The molecule has 0 aliphatic carbocycles. The molecule has 0 saturated heterocycles. The number of carbonyl (C=O) groups excluding carboxylic acids is 3. The van der Waals surface area contributed by atoms with Crippen LogP contribution >= 0.6 is 37.9 Å². The minimum absolute atomic E-state index is 0.0423. The van der Waals surface area contributed by atoms with E-state index in [1.165, 1.54) is 0 Å². The van der Waals surface area contributed by atoms with Crippen molar-refractivity contribution in [1.29, 1.82) is 0 Å². The fourth-order valence-corrected chi connectivity index (χ4v) is 2.77. The molecule has 0 rings (SSSR count). The maximum Gasteiger partial charge on any atom is 0.306 e. The number of thiol groups is 3. The molecule has 0 aromatic heterocycles. The molecule has 0 aliphatic heterocycles. The Kier molecular flexibility index (Phi) is 16.1. The Morgan fingerprint density at radius 3 is 1.19 bits per heavy atom. The van der Waals surface area contributed by atoms with E-state index in [0.29, 0.717) is 42.9 Å². The van der Waals surface area contributed by atoms with E-state index in [1.807, 2.05) is 6.92 Å². The summed E-state index contributed by atoms with van der Waals surface area (Å²) < 4.78 is 15.6. The molecule has 9 heteroatoms. The van der Waals surface area contributed by atoms with Gasteiger partial charge in [0.1, 0.15) is 0 Å². The summed E-state index contributed by atoms with van der Waals surface area (Å²) in [5.41, 5.74) is -0.881. The zero-order valence-electron chi connectivity index (χ0n) is 16.0. The molecule has 0 unspecified atom stereocenters. The molecule has 27 heavy (non-hydrogen) atoms. The van der Waals surface area contributed by atoms with E-state index in [0.717, 1.165) is 0 Å². The lowest BCUT2D eigenvalue weighted by atomic mass is 9.75. The predicted molar refractivity (Wildman–Crippen MR) is 115 cm³/mol. The molecule has 0 radical (unpaired) electrons. The Bertz CT molecular complexity index is 385. The third kappa shape index (κ3) is 13.3. The van der Waals surface area contributed by atoms with Crippen molar-refractivity contribution >= 4 is 55.8 Å². The van der Waals surface area contributed by atoms with E-state index in [9.17, 15) is 14.4 Å². The van der Waals surface area contributed by atoms with Crippen molar-refractivity contribution in [2.24, 2.45) is 5.41 Å². The first-order chi connectivity index (χ1) is 12.9. The molecule has 0 amide bonds. The van der Waals surface area contributed by atoms with Crippen LogP contribution in [0.3, 0.4) is 0 Å². The van der Waals surface area contributed by atoms with Gasteiger partial charge in [-0.1, -0.05) is 6.92 Å². The minimum Gasteiger partial charge on any atom is -0.466 e. The van der Waals surface area contributed by atoms with Crippen LogP contribution < -0.4 is 0 Å². The zero-order chi connectivity index (χ0) is 20.5. The summed E-state index contributed by atoms with van der Waals surface area (Å²) in [5.74, 6) is 0.517. The van der Waals surface area contributed by atoms with Crippen LogP contribution in [-0.4, -0.2) is 55.0 Å². The Labute approximate surface area is 178 Å². The van der Waals surface area contributed by atoms with E-state index in [2.05, 4.69) is 37.9 Å². The number of carbonyl (C=O) groups is 3.